The summed E-state index contributed by atoms with van der Waals surface area (Å²) in [4.78, 5) is 0. The van der Waals surface area contributed by atoms with Crippen LogP contribution in [-0.2, 0) is 0 Å². The quantitative estimate of drug-likeness (QED) is 0.451. The maximum atomic E-state index is 10.6. The van der Waals surface area contributed by atoms with Crippen molar-refractivity contribution in [1.82, 2.24) is 0 Å². The molecule has 0 bridgehead atoms. The molecule has 128 valence electrons. The Balaban J connectivity index is 0. The molecule has 0 saturated heterocycles. The van der Waals surface area contributed by atoms with E-state index in [0.29, 0.717) is 5.92 Å². The predicted octanol–water partition coefficient (Wildman–Crippen LogP) is 2.82. The zero-order valence-electron chi connectivity index (χ0n) is 16.5. The zero-order chi connectivity index (χ0) is 16.1. The van der Waals surface area contributed by atoms with Crippen molar-refractivity contribution >= 4 is 0 Å². The molecule has 0 N–H and O–H groups in total. The van der Waals surface area contributed by atoms with Crippen molar-refractivity contribution in [1.29, 1.82) is 0 Å². The monoisotopic (exact) mass is 320 g/mol. The summed E-state index contributed by atoms with van der Waals surface area (Å²) in [7, 11) is 0. The summed E-state index contributed by atoms with van der Waals surface area (Å²) in [5.74, 6) is 3.28. The molecule has 3 unspecified atom stereocenters. The number of rotatable bonds is 14. The molecule has 0 amide bonds. The van der Waals surface area contributed by atoms with Gasteiger partial charge in [-0.2, -0.15) is 0 Å². The summed E-state index contributed by atoms with van der Waals surface area (Å²) < 4.78 is 0. The van der Waals surface area contributed by atoms with Crippen LogP contribution in [0.2, 0.25) is 0 Å². The van der Waals surface area contributed by atoms with E-state index in [1.807, 2.05) is 0 Å². The van der Waals surface area contributed by atoms with Crippen molar-refractivity contribution in [2.45, 2.75) is 98.8 Å². The third-order valence-electron chi connectivity index (χ3n) is 4.88. The van der Waals surface area contributed by atoms with E-state index in [-0.39, 0.29) is 36.2 Å². The molecule has 0 aliphatic rings. The molecule has 0 aliphatic heterocycles. The topological polar surface area (TPSA) is 23.1 Å². The molecule has 0 aromatic carbocycles. The van der Waals surface area contributed by atoms with Gasteiger partial charge < -0.3 is 5.11 Å². The Kier molecular flexibility index (Phi) is 19.3. The first-order valence-electron chi connectivity index (χ1n) is 9.53. The molecule has 0 aromatic heterocycles. The maximum absolute atomic E-state index is 10.6. The largest absolute Gasteiger partial charge is 1.00 e. The minimum absolute atomic E-state index is 0. The van der Waals surface area contributed by atoms with Crippen LogP contribution >= 0.6 is 0 Å². The smallest absolute Gasteiger partial charge is 0.854 e. The van der Waals surface area contributed by atoms with E-state index in [4.69, 9.17) is 0 Å². The van der Waals surface area contributed by atoms with Crippen LogP contribution < -0.4 is 34.7 Å². The van der Waals surface area contributed by atoms with Crippen LogP contribution in [0.15, 0.2) is 0 Å². The first-order chi connectivity index (χ1) is 9.95. The average Bonchev–Trinajstić information content (AvgIpc) is 2.38. The van der Waals surface area contributed by atoms with E-state index in [1.165, 1.54) is 57.8 Å². The third-order valence-corrected chi connectivity index (χ3v) is 4.88. The van der Waals surface area contributed by atoms with Gasteiger partial charge in [-0.05, 0) is 23.7 Å². The molecule has 0 radical (unpaired) electrons. The normalized spacial score (nSPS) is 15.4. The van der Waals surface area contributed by atoms with Crippen molar-refractivity contribution in [2.24, 2.45) is 23.7 Å². The van der Waals surface area contributed by atoms with Gasteiger partial charge in [-0.3, -0.25) is 0 Å². The fourth-order valence-electron chi connectivity index (χ4n) is 3.14. The van der Waals surface area contributed by atoms with Crippen molar-refractivity contribution < 1.29 is 34.7 Å². The second-order valence-corrected chi connectivity index (χ2v) is 7.99. The second kappa shape index (κ2) is 16.8. The summed E-state index contributed by atoms with van der Waals surface area (Å²) in [5, 5.41) is 10.6. The minimum Gasteiger partial charge on any atom is -0.854 e. The summed E-state index contributed by atoms with van der Waals surface area (Å²) in [6.07, 6.45) is 13.2. The van der Waals surface area contributed by atoms with Gasteiger partial charge in [0.2, 0.25) is 0 Å². The summed E-state index contributed by atoms with van der Waals surface area (Å²) in [6, 6.07) is 0. The van der Waals surface area contributed by atoms with Gasteiger partial charge in [0, 0.05) is 0 Å². The average molecular weight is 321 g/mol. The Morgan fingerprint density at radius 1 is 0.545 bits per heavy atom. The van der Waals surface area contributed by atoms with Gasteiger partial charge in [-0.15, -0.1) is 6.61 Å². The summed E-state index contributed by atoms with van der Waals surface area (Å²) >= 11 is 0. The molecule has 0 heterocycles. The molecule has 2 heteroatoms. The Bertz CT molecular complexity index is 218. The second-order valence-electron chi connectivity index (χ2n) is 7.99. The van der Waals surface area contributed by atoms with Crippen molar-refractivity contribution in [3.63, 3.8) is 0 Å². The van der Waals surface area contributed by atoms with Crippen LogP contribution in [0.4, 0.5) is 0 Å². The molecule has 1 nitrogen and oxygen atoms in total. The Labute approximate surface area is 163 Å². The minimum atomic E-state index is 0. The van der Waals surface area contributed by atoms with Crippen LogP contribution in [0, 0.1) is 23.7 Å². The molecular formula is C20H41NaO. The molecule has 0 aromatic rings. The van der Waals surface area contributed by atoms with Gasteiger partial charge in [0.1, 0.15) is 0 Å². The van der Waals surface area contributed by atoms with Crippen LogP contribution in [0.1, 0.15) is 98.8 Å². The van der Waals surface area contributed by atoms with E-state index in [0.717, 1.165) is 24.2 Å². The molecule has 0 aliphatic carbocycles. The Morgan fingerprint density at radius 2 is 0.864 bits per heavy atom. The summed E-state index contributed by atoms with van der Waals surface area (Å²) in [5.41, 5.74) is 0. The zero-order valence-corrected chi connectivity index (χ0v) is 18.5. The SMILES string of the molecule is CC(C)CCCC(C)CCCC(C)CCCC(C)CC[O-].[Na+]. The van der Waals surface area contributed by atoms with Crippen LogP contribution in [-0.4, -0.2) is 6.61 Å². The Morgan fingerprint density at radius 3 is 1.18 bits per heavy atom. The molecule has 0 saturated carbocycles. The van der Waals surface area contributed by atoms with E-state index in [1.54, 1.807) is 0 Å². The predicted molar refractivity (Wildman–Crippen MR) is 93.4 cm³/mol. The van der Waals surface area contributed by atoms with E-state index in [9.17, 15) is 5.11 Å². The van der Waals surface area contributed by atoms with Gasteiger partial charge in [0.05, 0.1) is 0 Å². The molecule has 3 atom stereocenters. The van der Waals surface area contributed by atoms with Gasteiger partial charge in [-0.25, -0.2) is 0 Å². The van der Waals surface area contributed by atoms with Crippen molar-refractivity contribution in [2.75, 3.05) is 6.61 Å². The van der Waals surface area contributed by atoms with Gasteiger partial charge in [0.25, 0.3) is 0 Å². The fourth-order valence-corrected chi connectivity index (χ4v) is 3.14. The molecule has 0 fully saturated rings. The van der Waals surface area contributed by atoms with Crippen LogP contribution in [0.3, 0.4) is 0 Å². The van der Waals surface area contributed by atoms with E-state index in [2.05, 4.69) is 34.6 Å². The number of hydrogen-bond donors (Lipinski definition) is 0. The van der Waals surface area contributed by atoms with Gasteiger partial charge in [0.15, 0.2) is 0 Å². The molecular weight excluding hydrogens is 279 g/mol. The van der Waals surface area contributed by atoms with E-state index < -0.39 is 0 Å². The van der Waals surface area contributed by atoms with Crippen molar-refractivity contribution in [3.05, 3.63) is 0 Å². The molecule has 0 rings (SSSR count). The fraction of sp³-hybridized carbons (Fsp3) is 1.00. The Hall–Kier alpha value is 0.960. The third kappa shape index (κ3) is 17.3. The first-order valence-corrected chi connectivity index (χ1v) is 9.53. The van der Waals surface area contributed by atoms with Crippen LogP contribution in [0.25, 0.3) is 0 Å². The van der Waals surface area contributed by atoms with Gasteiger partial charge in [-0.1, -0.05) is 98.8 Å². The number of hydrogen-bond acceptors (Lipinski definition) is 1. The van der Waals surface area contributed by atoms with Gasteiger partial charge >= 0.3 is 29.6 Å². The van der Waals surface area contributed by atoms with Crippen molar-refractivity contribution in [3.8, 4) is 0 Å². The summed E-state index contributed by atoms with van der Waals surface area (Å²) in [6.45, 7) is 11.8. The first kappa shape index (κ1) is 25.2. The maximum Gasteiger partial charge on any atom is 1.00 e. The molecule has 0 spiro atoms. The standard InChI is InChI=1S/C20H41O.Na/c1-17(2)9-6-10-18(3)11-7-12-19(4)13-8-14-20(5)15-16-21;/h17-20H,6-16H2,1-5H3;/q-1;+1. The molecule has 22 heavy (non-hydrogen) atoms. The van der Waals surface area contributed by atoms with E-state index >= 15 is 0 Å². The van der Waals surface area contributed by atoms with Crippen LogP contribution in [0.5, 0.6) is 0 Å².